The van der Waals surface area contributed by atoms with Crippen LogP contribution in [0.15, 0.2) is 42.5 Å². The molecule has 5 heteroatoms. The second-order valence-electron chi connectivity index (χ2n) is 6.22. The Morgan fingerprint density at radius 1 is 1.08 bits per heavy atom. The molecule has 2 N–H and O–H groups in total. The molecule has 3 rings (SSSR count). The number of rotatable bonds is 3. The maximum absolute atomic E-state index is 13.7. The van der Waals surface area contributed by atoms with Crippen molar-refractivity contribution in [3.05, 3.63) is 53.8 Å². The Hall–Kier alpha value is -2.40. The normalized spacial score (nSPS) is 15.5. The average molecular weight is 327 g/mol. The number of carbonyl (C=O) groups excluding carboxylic acids is 1. The van der Waals surface area contributed by atoms with Crippen LogP contribution in [0.4, 0.5) is 10.1 Å². The number of halogens is 1. The van der Waals surface area contributed by atoms with Gasteiger partial charge in [-0.3, -0.25) is 9.69 Å². The summed E-state index contributed by atoms with van der Waals surface area (Å²) in [6, 6.07) is 13.0. The molecule has 0 radical (unpaired) electrons. The Kier molecular flexibility index (Phi) is 4.81. The number of anilines is 1. The Labute approximate surface area is 141 Å². The molecule has 0 saturated carbocycles. The maximum Gasteiger partial charge on any atom is 0.219 e. The van der Waals surface area contributed by atoms with E-state index >= 15 is 0 Å². The van der Waals surface area contributed by atoms with Crippen LogP contribution in [0.25, 0.3) is 11.1 Å². The molecule has 1 saturated heterocycles. The maximum atomic E-state index is 13.7. The zero-order valence-corrected chi connectivity index (χ0v) is 13.8. The van der Waals surface area contributed by atoms with Crippen LogP contribution < -0.4 is 5.73 Å². The second-order valence-corrected chi connectivity index (χ2v) is 6.22. The molecule has 1 amide bonds. The molecule has 1 heterocycles. The fraction of sp³-hybridized carbons (Fsp3) is 0.316. The van der Waals surface area contributed by atoms with E-state index in [1.54, 1.807) is 13.0 Å². The van der Waals surface area contributed by atoms with Crippen molar-refractivity contribution in [2.75, 3.05) is 31.9 Å². The highest BCUT2D eigenvalue weighted by Gasteiger charge is 2.18. The quantitative estimate of drug-likeness (QED) is 0.882. The van der Waals surface area contributed by atoms with Crippen molar-refractivity contribution in [3.8, 4) is 11.1 Å². The average Bonchev–Trinajstić information content (AvgIpc) is 2.58. The standard InChI is InChI=1S/C19H22FN3O/c1-14(24)23-9-7-22(8-10-23)13-15-3-2-4-16(11-15)17-5-6-19(21)18(20)12-17/h2-6,11-12H,7-10,13,21H2,1H3. The van der Waals surface area contributed by atoms with Crippen LogP contribution >= 0.6 is 0 Å². The molecule has 4 nitrogen and oxygen atoms in total. The van der Waals surface area contributed by atoms with Crippen LogP contribution in [0, 0.1) is 5.82 Å². The van der Waals surface area contributed by atoms with Gasteiger partial charge in [0, 0.05) is 39.6 Å². The molecule has 1 aliphatic heterocycles. The number of nitrogens with zero attached hydrogens (tertiary/aromatic N) is 2. The van der Waals surface area contributed by atoms with Crippen molar-refractivity contribution in [1.29, 1.82) is 0 Å². The van der Waals surface area contributed by atoms with Crippen LogP contribution in [0.3, 0.4) is 0 Å². The van der Waals surface area contributed by atoms with Gasteiger partial charge in [0.1, 0.15) is 5.82 Å². The summed E-state index contributed by atoms with van der Waals surface area (Å²) in [5.41, 5.74) is 8.69. The van der Waals surface area contributed by atoms with Crippen LogP contribution in [0.1, 0.15) is 12.5 Å². The van der Waals surface area contributed by atoms with Crippen molar-refractivity contribution in [1.82, 2.24) is 9.80 Å². The van der Waals surface area contributed by atoms with Gasteiger partial charge in [-0.1, -0.05) is 24.3 Å². The highest BCUT2D eigenvalue weighted by Crippen LogP contribution is 2.24. The third-order valence-corrected chi connectivity index (χ3v) is 4.48. The van der Waals surface area contributed by atoms with Gasteiger partial charge in [-0.2, -0.15) is 0 Å². The van der Waals surface area contributed by atoms with Gasteiger partial charge in [0.05, 0.1) is 5.69 Å². The van der Waals surface area contributed by atoms with E-state index in [4.69, 9.17) is 5.73 Å². The number of hydrogen-bond acceptors (Lipinski definition) is 3. The summed E-state index contributed by atoms with van der Waals surface area (Å²) in [6.45, 7) is 5.75. The number of benzene rings is 2. The first-order valence-corrected chi connectivity index (χ1v) is 8.15. The van der Waals surface area contributed by atoms with Gasteiger partial charge in [-0.05, 0) is 34.9 Å². The third kappa shape index (κ3) is 3.74. The molecule has 24 heavy (non-hydrogen) atoms. The minimum absolute atomic E-state index is 0.141. The number of amides is 1. The summed E-state index contributed by atoms with van der Waals surface area (Å²) in [4.78, 5) is 15.6. The summed E-state index contributed by atoms with van der Waals surface area (Å²) in [7, 11) is 0. The monoisotopic (exact) mass is 327 g/mol. The smallest absolute Gasteiger partial charge is 0.219 e. The summed E-state index contributed by atoms with van der Waals surface area (Å²) >= 11 is 0. The minimum Gasteiger partial charge on any atom is -0.396 e. The third-order valence-electron chi connectivity index (χ3n) is 4.48. The van der Waals surface area contributed by atoms with Crippen LogP contribution in [0.5, 0.6) is 0 Å². The molecule has 1 aliphatic rings. The van der Waals surface area contributed by atoms with E-state index in [0.717, 1.165) is 43.9 Å². The van der Waals surface area contributed by atoms with Crippen molar-refractivity contribution in [3.63, 3.8) is 0 Å². The molecule has 0 unspecified atom stereocenters. The van der Waals surface area contributed by atoms with Gasteiger partial charge in [-0.15, -0.1) is 0 Å². The molecular formula is C19H22FN3O. The second kappa shape index (κ2) is 7.01. The molecule has 0 atom stereocenters. The van der Waals surface area contributed by atoms with Gasteiger partial charge >= 0.3 is 0 Å². The summed E-state index contributed by atoms with van der Waals surface area (Å²) in [5, 5.41) is 0. The lowest BCUT2D eigenvalue weighted by Crippen LogP contribution is -2.47. The van der Waals surface area contributed by atoms with Crippen molar-refractivity contribution in [2.24, 2.45) is 0 Å². The fourth-order valence-electron chi connectivity index (χ4n) is 3.04. The van der Waals surface area contributed by atoms with Gasteiger partial charge in [0.2, 0.25) is 5.91 Å². The van der Waals surface area contributed by atoms with Gasteiger partial charge in [0.25, 0.3) is 0 Å². The van der Waals surface area contributed by atoms with Crippen molar-refractivity contribution in [2.45, 2.75) is 13.5 Å². The fourth-order valence-corrected chi connectivity index (χ4v) is 3.04. The number of carbonyl (C=O) groups is 1. The Morgan fingerprint density at radius 2 is 1.79 bits per heavy atom. The van der Waals surface area contributed by atoms with E-state index in [1.807, 2.05) is 23.1 Å². The van der Waals surface area contributed by atoms with Gasteiger partial charge in [-0.25, -0.2) is 4.39 Å². The SMILES string of the molecule is CC(=O)N1CCN(Cc2cccc(-c3ccc(N)c(F)c3)c2)CC1. The first kappa shape index (κ1) is 16.5. The van der Waals surface area contributed by atoms with E-state index in [9.17, 15) is 9.18 Å². The molecule has 0 bridgehead atoms. The Morgan fingerprint density at radius 3 is 2.46 bits per heavy atom. The predicted molar refractivity (Wildman–Crippen MR) is 93.8 cm³/mol. The van der Waals surface area contributed by atoms with E-state index in [1.165, 1.54) is 11.6 Å². The zero-order chi connectivity index (χ0) is 17.1. The predicted octanol–water partition coefficient (Wildman–Crippen LogP) is 2.74. The van der Waals surface area contributed by atoms with Crippen LogP contribution in [-0.2, 0) is 11.3 Å². The minimum atomic E-state index is -0.391. The van der Waals surface area contributed by atoms with Crippen LogP contribution in [0.2, 0.25) is 0 Å². The molecular weight excluding hydrogens is 305 g/mol. The lowest BCUT2D eigenvalue weighted by Gasteiger charge is -2.34. The lowest BCUT2D eigenvalue weighted by atomic mass is 10.0. The molecule has 1 fully saturated rings. The van der Waals surface area contributed by atoms with E-state index in [2.05, 4.69) is 17.0 Å². The summed E-state index contributed by atoms with van der Waals surface area (Å²) in [5.74, 6) is -0.250. The topological polar surface area (TPSA) is 49.6 Å². The number of nitrogens with two attached hydrogens (primary N) is 1. The van der Waals surface area contributed by atoms with Gasteiger partial charge in [0.15, 0.2) is 0 Å². The molecule has 2 aromatic carbocycles. The first-order valence-electron chi connectivity index (χ1n) is 8.15. The van der Waals surface area contributed by atoms with Crippen molar-refractivity contribution >= 4 is 11.6 Å². The highest BCUT2D eigenvalue weighted by molar-refractivity contribution is 5.73. The molecule has 126 valence electrons. The number of piperazine rings is 1. The Bertz CT molecular complexity index is 739. The zero-order valence-electron chi connectivity index (χ0n) is 13.8. The van der Waals surface area contributed by atoms with E-state index in [-0.39, 0.29) is 11.6 Å². The lowest BCUT2D eigenvalue weighted by molar-refractivity contribution is -0.130. The van der Waals surface area contributed by atoms with E-state index < -0.39 is 5.82 Å². The van der Waals surface area contributed by atoms with Gasteiger partial charge < -0.3 is 10.6 Å². The van der Waals surface area contributed by atoms with Crippen molar-refractivity contribution < 1.29 is 9.18 Å². The summed E-state index contributed by atoms with van der Waals surface area (Å²) < 4.78 is 13.7. The number of nitrogen functional groups attached to an aromatic ring is 1. The summed E-state index contributed by atoms with van der Waals surface area (Å²) in [6.07, 6.45) is 0. The molecule has 0 aromatic heterocycles. The molecule has 0 aliphatic carbocycles. The first-order chi connectivity index (χ1) is 11.5. The van der Waals surface area contributed by atoms with E-state index in [0.29, 0.717) is 0 Å². The highest BCUT2D eigenvalue weighted by atomic mass is 19.1. The molecule has 2 aromatic rings. The van der Waals surface area contributed by atoms with Crippen LogP contribution in [-0.4, -0.2) is 41.9 Å². The largest absolute Gasteiger partial charge is 0.396 e. The number of hydrogen-bond donors (Lipinski definition) is 1. The molecule has 0 spiro atoms. The Balaban J connectivity index is 1.70.